The molecule has 0 N–H and O–H groups in total. The molecule has 1 aromatic heterocycles. The zero-order valence-corrected chi connectivity index (χ0v) is 15.4. The Bertz CT molecular complexity index is 911. The second kappa shape index (κ2) is 7.46. The fourth-order valence-corrected chi connectivity index (χ4v) is 3.99. The van der Waals surface area contributed by atoms with Crippen LogP contribution < -0.4 is 9.64 Å². The molecule has 0 aliphatic carbocycles. The largest absolute Gasteiger partial charge is 0.573 e. The van der Waals surface area contributed by atoms with Crippen LogP contribution in [0.25, 0.3) is 0 Å². The molecule has 2 amide bonds. The maximum absolute atomic E-state index is 13.3. The molecule has 29 heavy (non-hydrogen) atoms. The van der Waals surface area contributed by atoms with Gasteiger partial charge in [-0.15, -0.1) is 13.2 Å². The van der Waals surface area contributed by atoms with Gasteiger partial charge in [0.15, 0.2) is 5.76 Å². The van der Waals surface area contributed by atoms with Crippen molar-refractivity contribution < 1.29 is 31.9 Å². The first-order chi connectivity index (χ1) is 13.8. The number of amides is 2. The molecule has 1 atom stereocenters. The molecule has 0 bridgehead atoms. The molecule has 9 heteroatoms. The second-order valence-corrected chi connectivity index (χ2v) is 7.07. The normalized spacial score (nSPS) is 19.2. The Morgan fingerprint density at radius 2 is 1.97 bits per heavy atom. The summed E-state index contributed by atoms with van der Waals surface area (Å²) >= 11 is 0. The van der Waals surface area contributed by atoms with Gasteiger partial charge < -0.3 is 19.0 Å². The number of hydrogen-bond acceptors (Lipinski definition) is 4. The molecule has 6 nitrogen and oxygen atoms in total. The maximum Gasteiger partial charge on any atom is 0.573 e. The number of fused-ring (bicyclic) bond motifs is 1. The molecule has 3 heterocycles. The van der Waals surface area contributed by atoms with Crippen molar-refractivity contribution in [2.75, 3.05) is 18.0 Å². The number of anilines is 1. The van der Waals surface area contributed by atoms with E-state index >= 15 is 0 Å². The number of furan rings is 1. The number of ether oxygens (including phenoxy) is 1. The smallest absolute Gasteiger partial charge is 0.459 e. The van der Waals surface area contributed by atoms with Crippen LogP contribution in [0.1, 0.15) is 35.4 Å². The number of hydrogen-bond donors (Lipinski definition) is 0. The lowest BCUT2D eigenvalue weighted by molar-refractivity contribution is -0.274. The number of carbonyl (C=O) groups excluding carboxylic acids is 2. The van der Waals surface area contributed by atoms with Crippen molar-refractivity contribution >= 4 is 17.5 Å². The zero-order chi connectivity index (χ0) is 20.6. The summed E-state index contributed by atoms with van der Waals surface area (Å²) < 4.78 is 46.6. The summed E-state index contributed by atoms with van der Waals surface area (Å²) in [5.74, 6) is -0.691. The Hall–Kier alpha value is -2.97. The summed E-state index contributed by atoms with van der Waals surface area (Å²) in [6, 6.07) is 6.55. The first-order valence-electron chi connectivity index (χ1n) is 9.38. The first-order valence-corrected chi connectivity index (χ1v) is 9.38. The zero-order valence-electron chi connectivity index (χ0n) is 15.4. The van der Waals surface area contributed by atoms with Gasteiger partial charge in [-0.1, -0.05) is 0 Å². The van der Waals surface area contributed by atoms with Crippen LogP contribution in [-0.2, 0) is 11.2 Å². The Balaban J connectivity index is 1.56. The van der Waals surface area contributed by atoms with E-state index in [1.165, 1.54) is 29.4 Å². The third-order valence-electron chi connectivity index (χ3n) is 5.20. The molecular formula is C20H19F3N2O4. The Kier molecular flexibility index (Phi) is 4.97. The number of aryl methyl sites for hydroxylation is 1. The molecular weight excluding hydrogens is 389 g/mol. The van der Waals surface area contributed by atoms with Crippen molar-refractivity contribution in [1.29, 1.82) is 0 Å². The molecule has 4 rings (SSSR count). The lowest BCUT2D eigenvalue weighted by atomic mass is 10.00. The van der Waals surface area contributed by atoms with Crippen molar-refractivity contribution in [1.82, 2.24) is 4.90 Å². The van der Waals surface area contributed by atoms with Gasteiger partial charge in [0.1, 0.15) is 11.8 Å². The molecule has 0 spiro atoms. The SMILES string of the molecule is O=C([C@@H]1CCCN1C(=O)c1ccco1)N1CCCc2cc(OC(F)(F)F)ccc21. The van der Waals surface area contributed by atoms with Gasteiger partial charge in [-0.05, 0) is 61.6 Å². The fourth-order valence-electron chi connectivity index (χ4n) is 3.99. The number of carbonyl (C=O) groups is 2. The van der Waals surface area contributed by atoms with E-state index in [1.807, 2.05) is 0 Å². The van der Waals surface area contributed by atoms with Crippen molar-refractivity contribution in [2.45, 2.75) is 38.1 Å². The first kappa shape index (κ1) is 19.4. The predicted molar refractivity (Wildman–Crippen MR) is 96.6 cm³/mol. The summed E-state index contributed by atoms with van der Waals surface area (Å²) in [6.07, 6.45) is -0.966. The highest BCUT2D eigenvalue weighted by molar-refractivity contribution is 6.02. The van der Waals surface area contributed by atoms with Gasteiger partial charge in [0.05, 0.1) is 6.26 Å². The number of likely N-dealkylation sites (tertiary alicyclic amines) is 1. The van der Waals surface area contributed by atoms with Crippen LogP contribution in [0.4, 0.5) is 18.9 Å². The number of benzene rings is 1. The maximum atomic E-state index is 13.3. The molecule has 154 valence electrons. The highest BCUT2D eigenvalue weighted by atomic mass is 19.4. The standard InChI is InChI=1S/C20H19F3N2O4/c21-20(22,23)29-14-7-8-15-13(12-14)4-1-9-24(15)18(26)16-5-2-10-25(16)19(27)17-6-3-11-28-17/h3,6-8,11-12,16H,1-2,4-5,9-10H2/t16-/m0/s1. The van der Waals surface area contributed by atoms with E-state index in [4.69, 9.17) is 4.42 Å². The van der Waals surface area contributed by atoms with Crippen molar-refractivity contribution in [3.63, 3.8) is 0 Å². The molecule has 0 saturated carbocycles. The van der Waals surface area contributed by atoms with Crippen molar-refractivity contribution in [3.05, 3.63) is 47.9 Å². The van der Waals surface area contributed by atoms with Crippen LogP contribution >= 0.6 is 0 Å². The fraction of sp³-hybridized carbons (Fsp3) is 0.400. The molecule has 1 saturated heterocycles. The van der Waals surface area contributed by atoms with E-state index in [9.17, 15) is 22.8 Å². The molecule has 2 aromatic rings. The monoisotopic (exact) mass is 408 g/mol. The highest BCUT2D eigenvalue weighted by Gasteiger charge is 2.39. The lowest BCUT2D eigenvalue weighted by Gasteiger charge is -2.34. The van der Waals surface area contributed by atoms with Crippen LogP contribution in [0.2, 0.25) is 0 Å². The minimum Gasteiger partial charge on any atom is -0.459 e. The molecule has 2 aliphatic heterocycles. The molecule has 2 aliphatic rings. The van der Waals surface area contributed by atoms with Gasteiger partial charge in [-0.3, -0.25) is 9.59 Å². The quantitative estimate of drug-likeness (QED) is 0.776. The minimum absolute atomic E-state index is 0.178. The Morgan fingerprint density at radius 1 is 1.14 bits per heavy atom. The van der Waals surface area contributed by atoms with Crippen molar-refractivity contribution in [2.24, 2.45) is 0 Å². The number of rotatable bonds is 3. The predicted octanol–water partition coefficient (Wildman–Crippen LogP) is 3.76. The van der Waals surface area contributed by atoms with Crippen LogP contribution in [0, 0.1) is 0 Å². The Morgan fingerprint density at radius 3 is 2.69 bits per heavy atom. The lowest BCUT2D eigenvalue weighted by Crippen LogP contribution is -2.49. The van der Waals surface area contributed by atoms with E-state index in [2.05, 4.69) is 4.74 Å². The summed E-state index contributed by atoms with van der Waals surface area (Å²) in [7, 11) is 0. The van der Waals surface area contributed by atoms with Gasteiger partial charge in [0.2, 0.25) is 5.91 Å². The Labute approximate surface area is 164 Å². The molecule has 1 fully saturated rings. The van der Waals surface area contributed by atoms with Gasteiger partial charge in [-0.25, -0.2) is 0 Å². The summed E-state index contributed by atoms with van der Waals surface area (Å²) in [6.45, 7) is 0.902. The number of nitrogens with zero attached hydrogens (tertiary/aromatic N) is 2. The van der Waals surface area contributed by atoms with Crippen LogP contribution in [0.3, 0.4) is 0 Å². The van der Waals surface area contributed by atoms with Crippen molar-refractivity contribution in [3.8, 4) is 5.75 Å². The van der Waals surface area contributed by atoms with E-state index < -0.39 is 12.4 Å². The number of halogens is 3. The summed E-state index contributed by atoms with van der Waals surface area (Å²) in [5, 5.41) is 0. The third kappa shape index (κ3) is 3.94. The second-order valence-electron chi connectivity index (χ2n) is 7.07. The molecule has 0 radical (unpaired) electrons. The average Bonchev–Trinajstić information content (AvgIpc) is 3.37. The highest BCUT2D eigenvalue weighted by Crippen LogP contribution is 2.34. The molecule has 1 aromatic carbocycles. The van der Waals surface area contributed by atoms with Crippen LogP contribution in [0.15, 0.2) is 41.0 Å². The topological polar surface area (TPSA) is 63.0 Å². The van der Waals surface area contributed by atoms with E-state index in [-0.39, 0.29) is 23.3 Å². The van der Waals surface area contributed by atoms with Crippen LogP contribution in [0.5, 0.6) is 5.75 Å². The minimum atomic E-state index is -4.77. The van der Waals surface area contributed by atoms with Gasteiger partial charge in [-0.2, -0.15) is 0 Å². The molecule has 0 unspecified atom stereocenters. The summed E-state index contributed by atoms with van der Waals surface area (Å²) in [5.41, 5.74) is 1.18. The van der Waals surface area contributed by atoms with Gasteiger partial charge in [0.25, 0.3) is 5.91 Å². The van der Waals surface area contributed by atoms with E-state index in [0.717, 1.165) is 0 Å². The summed E-state index contributed by atoms with van der Waals surface area (Å²) in [4.78, 5) is 29.0. The van der Waals surface area contributed by atoms with Gasteiger partial charge in [0, 0.05) is 18.8 Å². The average molecular weight is 408 g/mol. The van der Waals surface area contributed by atoms with E-state index in [0.29, 0.717) is 50.0 Å². The third-order valence-corrected chi connectivity index (χ3v) is 5.20. The van der Waals surface area contributed by atoms with Crippen LogP contribution in [-0.4, -0.2) is 42.2 Å². The van der Waals surface area contributed by atoms with E-state index in [1.54, 1.807) is 17.0 Å². The number of alkyl halides is 3. The van der Waals surface area contributed by atoms with Gasteiger partial charge >= 0.3 is 6.36 Å².